The Morgan fingerprint density at radius 2 is 2.26 bits per heavy atom. The van der Waals surface area contributed by atoms with Crippen LogP contribution in [0.5, 0.6) is 0 Å². The van der Waals surface area contributed by atoms with Gasteiger partial charge in [0.15, 0.2) is 0 Å². The first kappa shape index (κ1) is 13.3. The third kappa shape index (κ3) is 2.64. The number of nitrogens with two attached hydrogens (primary N) is 1. The van der Waals surface area contributed by atoms with E-state index < -0.39 is 5.97 Å². The number of hydrogen-bond donors (Lipinski definition) is 1. The summed E-state index contributed by atoms with van der Waals surface area (Å²) in [5.74, 6) is 0.0412. The van der Waals surface area contributed by atoms with Crippen molar-refractivity contribution >= 4 is 17.7 Å². The number of amides is 1. The Morgan fingerprint density at radius 3 is 2.84 bits per heavy atom. The summed E-state index contributed by atoms with van der Waals surface area (Å²) in [6.45, 7) is 2.84. The first-order chi connectivity index (χ1) is 9.02. The van der Waals surface area contributed by atoms with Crippen LogP contribution in [0.2, 0.25) is 0 Å². The Kier molecular flexibility index (Phi) is 3.64. The number of hydrogen-bond acceptors (Lipinski definition) is 6. The Bertz CT molecular complexity index is 518. The first-order valence-electron chi connectivity index (χ1n) is 5.99. The van der Waals surface area contributed by atoms with E-state index in [9.17, 15) is 9.59 Å². The average Bonchev–Trinajstić information content (AvgIpc) is 2.87. The van der Waals surface area contributed by atoms with Crippen LogP contribution in [0.1, 0.15) is 22.6 Å². The van der Waals surface area contributed by atoms with Crippen LogP contribution in [0.3, 0.4) is 0 Å². The lowest BCUT2D eigenvalue weighted by Crippen LogP contribution is -2.29. The van der Waals surface area contributed by atoms with Gasteiger partial charge in [-0.1, -0.05) is 0 Å². The Morgan fingerprint density at radius 1 is 1.53 bits per heavy atom. The third-order valence-corrected chi connectivity index (χ3v) is 3.18. The molecule has 2 rings (SSSR count). The van der Waals surface area contributed by atoms with Crippen LogP contribution in [0.4, 0.5) is 5.82 Å². The van der Waals surface area contributed by atoms with Gasteiger partial charge < -0.3 is 15.4 Å². The van der Waals surface area contributed by atoms with E-state index in [0.29, 0.717) is 36.7 Å². The van der Waals surface area contributed by atoms with E-state index >= 15 is 0 Å². The second-order valence-electron chi connectivity index (χ2n) is 4.48. The molecule has 0 spiro atoms. The van der Waals surface area contributed by atoms with E-state index in [4.69, 9.17) is 10.5 Å². The van der Waals surface area contributed by atoms with Crippen LogP contribution in [-0.4, -0.2) is 42.0 Å². The minimum Gasteiger partial charge on any atom is -0.465 e. The van der Waals surface area contributed by atoms with E-state index in [0.717, 1.165) is 0 Å². The standard InChI is InChI=1S/C12H16N4O3/c1-7-14-5-9(12(18)19-2)11(15-7)16-4-3-8(6-16)10(13)17/h5,8H,3-4,6H2,1-2H3,(H2,13,17). The highest BCUT2D eigenvalue weighted by Gasteiger charge is 2.30. The van der Waals surface area contributed by atoms with Crippen molar-refractivity contribution in [1.82, 2.24) is 9.97 Å². The summed E-state index contributed by atoms with van der Waals surface area (Å²) >= 11 is 0. The minimum atomic E-state index is -0.488. The Balaban J connectivity index is 2.31. The highest BCUT2D eigenvalue weighted by Crippen LogP contribution is 2.25. The van der Waals surface area contributed by atoms with E-state index in [1.165, 1.54) is 13.3 Å². The van der Waals surface area contributed by atoms with E-state index in [2.05, 4.69) is 9.97 Å². The van der Waals surface area contributed by atoms with Crippen molar-refractivity contribution < 1.29 is 14.3 Å². The first-order valence-corrected chi connectivity index (χ1v) is 5.99. The number of carbonyl (C=O) groups is 2. The molecule has 2 N–H and O–H groups in total. The number of ether oxygens (including phenoxy) is 1. The number of aryl methyl sites for hydroxylation is 1. The summed E-state index contributed by atoms with van der Waals surface area (Å²) in [6.07, 6.45) is 2.11. The maximum absolute atomic E-state index is 11.7. The number of rotatable bonds is 3. The van der Waals surface area contributed by atoms with Crippen molar-refractivity contribution in [3.05, 3.63) is 17.6 Å². The zero-order valence-corrected chi connectivity index (χ0v) is 10.9. The Hall–Kier alpha value is -2.18. The van der Waals surface area contributed by atoms with Crippen LogP contribution in [-0.2, 0) is 9.53 Å². The molecule has 0 bridgehead atoms. The molecule has 0 aliphatic carbocycles. The van der Waals surface area contributed by atoms with E-state index in [1.807, 2.05) is 4.90 Å². The Labute approximate surface area is 110 Å². The average molecular weight is 264 g/mol. The van der Waals surface area contributed by atoms with Crippen molar-refractivity contribution in [3.8, 4) is 0 Å². The van der Waals surface area contributed by atoms with Crippen molar-refractivity contribution in [2.45, 2.75) is 13.3 Å². The molecular weight excluding hydrogens is 248 g/mol. The lowest BCUT2D eigenvalue weighted by molar-refractivity contribution is -0.121. The van der Waals surface area contributed by atoms with Gasteiger partial charge in [0.25, 0.3) is 0 Å². The zero-order valence-electron chi connectivity index (χ0n) is 10.9. The van der Waals surface area contributed by atoms with Crippen molar-refractivity contribution in [3.63, 3.8) is 0 Å². The molecule has 0 aromatic carbocycles. The molecule has 1 fully saturated rings. The van der Waals surface area contributed by atoms with Gasteiger partial charge in [0.05, 0.1) is 13.0 Å². The molecule has 1 aliphatic heterocycles. The molecule has 1 aromatic rings. The zero-order chi connectivity index (χ0) is 14.0. The molecule has 1 unspecified atom stereocenters. The smallest absolute Gasteiger partial charge is 0.343 e. The molecule has 19 heavy (non-hydrogen) atoms. The maximum atomic E-state index is 11.7. The largest absolute Gasteiger partial charge is 0.465 e. The monoisotopic (exact) mass is 264 g/mol. The van der Waals surface area contributed by atoms with Gasteiger partial charge in [-0.25, -0.2) is 14.8 Å². The van der Waals surface area contributed by atoms with Gasteiger partial charge in [-0.05, 0) is 13.3 Å². The summed E-state index contributed by atoms with van der Waals surface area (Å²) in [4.78, 5) is 33.0. The van der Waals surface area contributed by atoms with Gasteiger partial charge in [0.2, 0.25) is 5.91 Å². The number of primary amides is 1. The maximum Gasteiger partial charge on any atom is 0.343 e. The minimum absolute atomic E-state index is 0.208. The van der Waals surface area contributed by atoms with Crippen molar-refractivity contribution in [2.75, 3.05) is 25.1 Å². The molecule has 0 saturated carbocycles. The van der Waals surface area contributed by atoms with Gasteiger partial charge in [-0.15, -0.1) is 0 Å². The molecule has 1 aromatic heterocycles. The molecule has 7 heteroatoms. The van der Waals surface area contributed by atoms with E-state index in [1.54, 1.807) is 6.92 Å². The number of methoxy groups -OCH3 is 1. The second kappa shape index (κ2) is 5.21. The number of nitrogens with zero attached hydrogens (tertiary/aromatic N) is 3. The quantitative estimate of drug-likeness (QED) is 0.764. The predicted molar refractivity (Wildman–Crippen MR) is 67.6 cm³/mol. The molecule has 2 heterocycles. The van der Waals surface area contributed by atoms with Crippen LogP contribution in [0.25, 0.3) is 0 Å². The van der Waals surface area contributed by atoms with Crippen LogP contribution >= 0.6 is 0 Å². The number of aromatic nitrogens is 2. The molecule has 1 aliphatic rings. The summed E-state index contributed by atoms with van der Waals surface area (Å²) in [6, 6.07) is 0. The van der Waals surface area contributed by atoms with E-state index in [-0.39, 0.29) is 11.8 Å². The highest BCUT2D eigenvalue weighted by molar-refractivity contribution is 5.94. The molecule has 0 radical (unpaired) electrons. The van der Waals surface area contributed by atoms with Crippen LogP contribution in [0, 0.1) is 12.8 Å². The fraction of sp³-hybridized carbons (Fsp3) is 0.500. The normalized spacial score (nSPS) is 18.4. The predicted octanol–water partition coefficient (Wildman–Crippen LogP) is -0.117. The summed E-state index contributed by atoms with van der Waals surface area (Å²) < 4.78 is 4.71. The van der Waals surface area contributed by atoms with Crippen molar-refractivity contribution in [2.24, 2.45) is 11.7 Å². The van der Waals surface area contributed by atoms with Gasteiger partial charge in [0.1, 0.15) is 17.2 Å². The fourth-order valence-electron chi connectivity index (χ4n) is 2.14. The third-order valence-electron chi connectivity index (χ3n) is 3.18. The number of carbonyl (C=O) groups excluding carboxylic acids is 2. The molecule has 102 valence electrons. The molecule has 7 nitrogen and oxygen atoms in total. The van der Waals surface area contributed by atoms with Gasteiger partial charge >= 0.3 is 5.97 Å². The lowest BCUT2D eigenvalue weighted by atomic mass is 10.1. The highest BCUT2D eigenvalue weighted by atomic mass is 16.5. The van der Waals surface area contributed by atoms with Crippen LogP contribution in [0.15, 0.2) is 6.20 Å². The fourth-order valence-corrected chi connectivity index (χ4v) is 2.14. The molecule has 1 atom stereocenters. The molecule has 1 saturated heterocycles. The molecular formula is C12H16N4O3. The topological polar surface area (TPSA) is 98.4 Å². The van der Waals surface area contributed by atoms with Gasteiger partial charge in [0, 0.05) is 19.3 Å². The number of anilines is 1. The van der Waals surface area contributed by atoms with Crippen LogP contribution < -0.4 is 10.6 Å². The SMILES string of the molecule is COC(=O)c1cnc(C)nc1N1CCC(C(N)=O)C1. The summed E-state index contributed by atoms with van der Waals surface area (Å²) in [5, 5.41) is 0. The van der Waals surface area contributed by atoms with Gasteiger partial charge in [-0.2, -0.15) is 0 Å². The summed E-state index contributed by atoms with van der Waals surface area (Å²) in [7, 11) is 1.31. The molecule has 1 amide bonds. The second-order valence-corrected chi connectivity index (χ2v) is 4.48. The lowest BCUT2D eigenvalue weighted by Gasteiger charge is -2.19. The van der Waals surface area contributed by atoms with Gasteiger partial charge in [-0.3, -0.25) is 4.79 Å². The van der Waals surface area contributed by atoms with Crippen molar-refractivity contribution in [1.29, 1.82) is 0 Å². The number of esters is 1. The summed E-state index contributed by atoms with van der Waals surface area (Å²) in [5.41, 5.74) is 5.61.